The summed E-state index contributed by atoms with van der Waals surface area (Å²) in [5, 5.41) is 23.2. The second-order valence-corrected chi connectivity index (χ2v) is 22.1. The monoisotopic (exact) mass is 1010 g/mol. The highest BCUT2D eigenvalue weighted by Gasteiger charge is 2.18. The molecule has 0 aliphatic rings. The molecule has 1 amide bonds. The third-order valence-electron chi connectivity index (χ3n) is 14.9. The number of ether oxygens (including phenoxy) is 1. The summed E-state index contributed by atoms with van der Waals surface area (Å²) in [4.78, 5) is 24.6. The van der Waals surface area contributed by atoms with Crippen LogP contribution in [0.5, 0.6) is 0 Å². The lowest BCUT2D eigenvalue weighted by Gasteiger charge is -2.20. The fourth-order valence-corrected chi connectivity index (χ4v) is 9.96. The van der Waals surface area contributed by atoms with E-state index in [-0.39, 0.29) is 18.5 Å². The number of hydrogen-bond acceptors (Lipinski definition) is 5. The van der Waals surface area contributed by atoms with Crippen LogP contribution in [-0.4, -0.2) is 47.4 Å². The largest absolute Gasteiger partial charge is 0.466 e. The Balaban J connectivity index is 3.40. The van der Waals surface area contributed by atoms with Crippen LogP contribution in [0, 0.1) is 0 Å². The summed E-state index contributed by atoms with van der Waals surface area (Å²) in [6, 6.07) is -0.629. The number of carbonyl (C=O) groups excluding carboxylic acids is 2. The fourth-order valence-electron chi connectivity index (χ4n) is 9.96. The maximum absolute atomic E-state index is 12.5. The van der Waals surface area contributed by atoms with Crippen LogP contribution in [0.2, 0.25) is 0 Å². The third kappa shape index (κ3) is 57.4. The lowest BCUT2D eigenvalue weighted by atomic mass is 10.0. The summed E-state index contributed by atoms with van der Waals surface area (Å²) in [5.74, 6) is -0.0630. The number of allylic oxidation sites excluding steroid dienone is 5. The highest BCUT2D eigenvalue weighted by atomic mass is 16.5. The zero-order chi connectivity index (χ0) is 52.2. The highest BCUT2D eigenvalue weighted by molar-refractivity contribution is 5.76. The summed E-state index contributed by atoms with van der Waals surface area (Å²) in [6.45, 7) is 4.90. The van der Waals surface area contributed by atoms with Crippen LogP contribution < -0.4 is 5.32 Å². The maximum atomic E-state index is 12.5. The standard InChI is InChI=1S/C66H125NO5/c1-3-5-7-9-11-13-15-17-19-21-28-32-36-40-44-48-52-56-60-66(71)72-61-57-53-49-45-41-37-33-29-26-24-22-23-25-27-31-35-39-43-47-51-55-59-65(70)67-63(62-68)64(69)58-54-50-46-42-38-34-30-20-18-16-14-12-10-8-6-4-2/h13,15,19,21,54,58,63-64,68-69H,3-12,14,16-18,20,22-53,55-57,59-62H2,1-2H3,(H,67,70)/b15-13-,21-19-,58-54+. The molecule has 0 aromatic heterocycles. The van der Waals surface area contributed by atoms with Gasteiger partial charge in [0.1, 0.15) is 0 Å². The molecular weight excluding hydrogens is 887 g/mol. The van der Waals surface area contributed by atoms with Crippen molar-refractivity contribution in [1.29, 1.82) is 0 Å². The van der Waals surface area contributed by atoms with Gasteiger partial charge in [0.2, 0.25) is 5.91 Å². The van der Waals surface area contributed by atoms with E-state index in [1.54, 1.807) is 6.08 Å². The lowest BCUT2D eigenvalue weighted by molar-refractivity contribution is -0.143. The van der Waals surface area contributed by atoms with E-state index in [4.69, 9.17) is 4.74 Å². The van der Waals surface area contributed by atoms with E-state index in [0.717, 1.165) is 51.4 Å². The van der Waals surface area contributed by atoms with Gasteiger partial charge in [0.25, 0.3) is 0 Å². The molecule has 3 N–H and O–H groups in total. The maximum Gasteiger partial charge on any atom is 0.305 e. The Labute approximate surface area is 449 Å². The highest BCUT2D eigenvalue weighted by Crippen LogP contribution is 2.18. The van der Waals surface area contributed by atoms with Crippen LogP contribution in [0.25, 0.3) is 0 Å². The number of aliphatic hydroxyl groups is 2. The Morgan fingerprint density at radius 2 is 0.694 bits per heavy atom. The normalized spacial score (nSPS) is 12.8. The van der Waals surface area contributed by atoms with Crippen molar-refractivity contribution >= 4 is 11.9 Å². The molecule has 0 bridgehead atoms. The van der Waals surface area contributed by atoms with Gasteiger partial charge in [0, 0.05) is 12.8 Å². The van der Waals surface area contributed by atoms with E-state index in [1.165, 1.54) is 270 Å². The van der Waals surface area contributed by atoms with Gasteiger partial charge >= 0.3 is 5.97 Å². The minimum atomic E-state index is -0.846. The minimum absolute atomic E-state index is 0.00428. The molecule has 0 heterocycles. The van der Waals surface area contributed by atoms with Gasteiger partial charge in [-0.15, -0.1) is 0 Å². The van der Waals surface area contributed by atoms with Crippen molar-refractivity contribution < 1.29 is 24.5 Å². The average Bonchev–Trinajstić information content (AvgIpc) is 3.38. The SMILES string of the molecule is CCCCCC/C=C\C/C=C\CCCCCCCCCC(=O)OCCCCCCCCCCCCCCCCCCCCCCCC(=O)NC(CO)C(O)/C=C/CCCCCCCCCCCCCCCC. The van der Waals surface area contributed by atoms with Gasteiger partial charge in [0.15, 0.2) is 0 Å². The average molecular weight is 1010 g/mol. The first-order valence-corrected chi connectivity index (χ1v) is 32.3. The molecule has 0 saturated heterocycles. The smallest absolute Gasteiger partial charge is 0.305 e. The predicted octanol–water partition coefficient (Wildman–Crippen LogP) is 20.4. The van der Waals surface area contributed by atoms with Crippen LogP contribution in [-0.2, 0) is 14.3 Å². The molecule has 0 aliphatic carbocycles. The molecule has 0 saturated carbocycles. The van der Waals surface area contributed by atoms with Crippen molar-refractivity contribution in [1.82, 2.24) is 5.32 Å². The first kappa shape index (κ1) is 70.1. The van der Waals surface area contributed by atoms with Crippen LogP contribution >= 0.6 is 0 Å². The van der Waals surface area contributed by atoms with Crippen LogP contribution in [0.3, 0.4) is 0 Å². The first-order chi connectivity index (χ1) is 35.5. The Morgan fingerprint density at radius 3 is 1.07 bits per heavy atom. The van der Waals surface area contributed by atoms with Crippen molar-refractivity contribution in [2.75, 3.05) is 13.2 Å². The number of nitrogens with one attached hydrogen (secondary N) is 1. The van der Waals surface area contributed by atoms with Crippen molar-refractivity contribution in [3.05, 3.63) is 36.5 Å². The van der Waals surface area contributed by atoms with Crippen LogP contribution in [0.4, 0.5) is 0 Å². The van der Waals surface area contributed by atoms with Crippen LogP contribution in [0.15, 0.2) is 36.5 Å². The number of esters is 1. The van der Waals surface area contributed by atoms with Crippen molar-refractivity contribution in [3.63, 3.8) is 0 Å². The summed E-state index contributed by atoms with van der Waals surface area (Å²) in [6.07, 6.45) is 77.6. The van der Waals surface area contributed by atoms with Gasteiger partial charge < -0.3 is 20.3 Å². The molecule has 2 unspecified atom stereocenters. The molecule has 0 rings (SSSR count). The zero-order valence-corrected chi connectivity index (χ0v) is 48.4. The second kappa shape index (κ2) is 61.6. The Kier molecular flexibility index (Phi) is 60.0. The van der Waals surface area contributed by atoms with Crippen LogP contribution in [0.1, 0.15) is 348 Å². The molecule has 0 aliphatic heterocycles. The molecule has 72 heavy (non-hydrogen) atoms. The molecule has 6 nitrogen and oxygen atoms in total. The van der Waals surface area contributed by atoms with E-state index in [9.17, 15) is 19.8 Å². The number of aliphatic hydroxyl groups excluding tert-OH is 2. The zero-order valence-electron chi connectivity index (χ0n) is 48.4. The number of rotatable bonds is 60. The number of unbranched alkanes of at least 4 members (excludes halogenated alkanes) is 45. The fraction of sp³-hybridized carbons (Fsp3) is 0.879. The predicted molar refractivity (Wildman–Crippen MR) is 315 cm³/mol. The second-order valence-electron chi connectivity index (χ2n) is 22.1. The van der Waals surface area contributed by atoms with Crippen molar-refractivity contribution in [2.45, 2.75) is 360 Å². The summed E-state index contributed by atoms with van der Waals surface area (Å²) in [7, 11) is 0. The molecule has 2 atom stereocenters. The first-order valence-electron chi connectivity index (χ1n) is 32.3. The molecule has 0 spiro atoms. The molecule has 6 heteroatoms. The van der Waals surface area contributed by atoms with E-state index in [2.05, 4.69) is 43.5 Å². The lowest BCUT2D eigenvalue weighted by Crippen LogP contribution is -2.45. The van der Waals surface area contributed by atoms with E-state index < -0.39 is 12.1 Å². The molecule has 0 fully saturated rings. The van der Waals surface area contributed by atoms with Gasteiger partial charge in [-0.2, -0.15) is 0 Å². The van der Waals surface area contributed by atoms with E-state index in [0.29, 0.717) is 19.4 Å². The topological polar surface area (TPSA) is 95.9 Å². The molecule has 0 aromatic rings. The Morgan fingerprint density at radius 1 is 0.389 bits per heavy atom. The molecular formula is C66H125NO5. The summed E-state index contributed by atoms with van der Waals surface area (Å²) in [5.41, 5.74) is 0. The van der Waals surface area contributed by atoms with Crippen molar-refractivity contribution in [3.8, 4) is 0 Å². The van der Waals surface area contributed by atoms with Gasteiger partial charge in [-0.3, -0.25) is 9.59 Å². The number of hydrogen-bond donors (Lipinski definition) is 3. The molecule has 0 aromatic carbocycles. The van der Waals surface area contributed by atoms with E-state index in [1.807, 2.05) is 6.08 Å². The summed E-state index contributed by atoms with van der Waals surface area (Å²) >= 11 is 0. The van der Waals surface area contributed by atoms with E-state index >= 15 is 0 Å². The van der Waals surface area contributed by atoms with Gasteiger partial charge in [-0.05, 0) is 64.2 Å². The molecule has 424 valence electrons. The minimum Gasteiger partial charge on any atom is -0.466 e. The van der Waals surface area contributed by atoms with Gasteiger partial charge in [0.05, 0.1) is 25.4 Å². The number of amides is 1. The molecule has 0 radical (unpaired) electrons. The quantitative estimate of drug-likeness (QED) is 0.0320. The third-order valence-corrected chi connectivity index (χ3v) is 14.9. The Hall–Kier alpha value is -1.92. The van der Waals surface area contributed by atoms with Gasteiger partial charge in [-0.25, -0.2) is 0 Å². The van der Waals surface area contributed by atoms with Gasteiger partial charge in [-0.1, -0.05) is 307 Å². The summed E-state index contributed by atoms with van der Waals surface area (Å²) < 4.78 is 5.49. The Bertz CT molecular complexity index is 1170. The van der Waals surface area contributed by atoms with Crippen molar-refractivity contribution in [2.24, 2.45) is 0 Å². The number of carbonyl (C=O) groups is 2.